The van der Waals surface area contributed by atoms with Gasteiger partial charge >= 0.3 is 19.5 Å². The van der Waals surface area contributed by atoms with Gasteiger partial charge in [0.15, 0.2) is 11.5 Å². The zero-order chi connectivity index (χ0) is 29.6. The Hall–Kier alpha value is -3.54. The van der Waals surface area contributed by atoms with Crippen molar-refractivity contribution in [1.82, 2.24) is 19.5 Å². The summed E-state index contributed by atoms with van der Waals surface area (Å²) < 4.78 is 42.1. The second-order valence-corrected chi connectivity index (χ2v) is 13.0. The van der Waals surface area contributed by atoms with Crippen molar-refractivity contribution in [2.75, 3.05) is 25.9 Å². The van der Waals surface area contributed by atoms with E-state index in [0.29, 0.717) is 41.4 Å². The van der Waals surface area contributed by atoms with E-state index < -0.39 is 44.0 Å². The van der Waals surface area contributed by atoms with Crippen molar-refractivity contribution in [3.8, 4) is 5.75 Å². The van der Waals surface area contributed by atoms with Crippen LogP contribution in [0.15, 0.2) is 36.9 Å². The highest BCUT2D eigenvalue weighted by atomic mass is 31.2. The Morgan fingerprint density at radius 3 is 2.02 bits per heavy atom. The van der Waals surface area contributed by atoms with E-state index in [-0.39, 0.29) is 6.16 Å². The Bertz CT molecular complexity index is 1330. The lowest BCUT2D eigenvalue weighted by Crippen LogP contribution is -2.24. The van der Waals surface area contributed by atoms with Gasteiger partial charge in [0, 0.05) is 0 Å². The highest BCUT2D eigenvalue weighted by Crippen LogP contribution is 2.51. The number of esters is 2. The Labute approximate surface area is 232 Å². The Morgan fingerprint density at radius 1 is 0.900 bits per heavy atom. The zero-order valence-corrected chi connectivity index (χ0v) is 24.5. The first-order valence-corrected chi connectivity index (χ1v) is 14.3. The fourth-order valence-electron chi connectivity index (χ4n) is 3.12. The lowest BCUT2D eigenvalue weighted by molar-refractivity contribution is -0.162. The molecule has 0 fully saturated rings. The largest absolute Gasteiger partial charge is 0.492 e. The molecule has 0 bridgehead atoms. The fraction of sp³-hybridized carbons (Fsp3) is 0.500. The maximum absolute atomic E-state index is 13.5. The number of ether oxygens (including phenoxy) is 3. The molecule has 0 radical (unpaired) electrons. The molecule has 0 aliphatic heterocycles. The normalized spacial score (nSPS) is 12.3. The van der Waals surface area contributed by atoms with Gasteiger partial charge in [-0.05, 0) is 59.2 Å². The van der Waals surface area contributed by atoms with E-state index in [9.17, 15) is 14.2 Å². The highest BCUT2D eigenvalue weighted by molar-refractivity contribution is 7.53. The van der Waals surface area contributed by atoms with Crippen LogP contribution in [0.3, 0.4) is 0 Å². The van der Waals surface area contributed by atoms with E-state index in [1.165, 1.54) is 6.33 Å². The molecule has 2 N–H and O–H groups in total. The van der Waals surface area contributed by atoms with Crippen molar-refractivity contribution >= 4 is 36.5 Å². The average molecular weight is 578 g/mol. The number of anilines is 1. The third-order valence-corrected chi connectivity index (χ3v) is 7.18. The molecule has 0 atom stereocenters. The topological polar surface area (TPSA) is 167 Å². The van der Waals surface area contributed by atoms with Gasteiger partial charge in [0.05, 0.1) is 29.9 Å². The number of rotatable bonds is 12. The van der Waals surface area contributed by atoms with Gasteiger partial charge in [-0.2, -0.15) is 0 Å². The number of nitrogen functional groups attached to an aromatic ring is 1. The average Bonchev–Trinajstić information content (AvgIpc) is 3.28. The first-order chi connectivity index (χ1) is 18.7. The number of fused-ring (bicyclic) bond motifs is 1. The maximum Gasteiger partial charge on any atom is 0.340 e. The Kier molecular flexibility index (Phi) is 9.88. The highest BCUT2D eigenvalue weighted by Gasteiger charge is 2.30. The van der Waals surface area contributed by atoms with Gasteiger partial charge in [0.1, 0.15) is 24.2 Å². The predicted molar refractivity (Wildman–Crippen MR) is 146 cm³/mol. The van der Waals surface area contributed by atoms with E-state index in [4.69, 9.17) is 29.0 Å². The van der Waals surface area contributed by atoms with E-state index in [2.05, 4.69) is 15.0 Å². The summed E-state index contributed by atoms with van der Waals surface area (Å²) in [5.74, 6) is -0.166. The molecule has 3 rings (SSSR count). The van der Waals surface area contributed by atoms with E-state index in [1.807, 2.05) is 4.57 Å². The van der Waals surface area contributed by atoms with Gasteiger partial charge < -0.3 is 24.5 Å². The molecule has 2 heterocycles. The molecule has 0 saturated heterocycles. The number of carbonyl (C=O) groups is 2. The van der Waals surface area contributed by atoms with Crippen molar-refractivity contribution in [2.24, 2.45) is 10.8 Å². The zero-order valence-electron chi connectivity index (χ0n) is 23.6. The molecule has 1 aromatic carbocycles. The number of hydrogen-bond acceptors (Lipinski definition) is 12. The number of nitrogens with two attached hydrogens (primary N) is 1. The lowest BCUT2D eigenvalue weighted by Gasteiger charge is -2.22. The molecular formula is C26H36N5O8P. The molecule has 40 heavy (non-hydrogen) atoms. The van der Waals surface area contributed by atoms with Crippen LogP contribution in [-0.4, -0.2) is 51.7 Å². The molecule has 0 aliphatic carbocycles. The second kappa shape index (κ2) is 12.8. The second-order valence-electron chi connectivity index (χ2n) is 11.0. The van der Waals surface area contributed by atoms with Crippen LogP contribution in [0, 0.1) is 10.8 Å². The Morgan fingerprint density at radius 2 is 1.48 bits per heavy atom. The standard InChI is InChI=1S/C26H36N5O8P/c1-25(2,3)23(32)36-16-38-40(34,39-17-37-24(33)26(4,5)6)13-18-7-9-19(10-8-18)35-12-11-31-15-30-20-21(27)28-14-29-22(20)31/h7-10,14-15H,11-13,16-17H2,1-6H3,(H2,27,28,29). The monoisotopic (exact) mass is 577 g/mol. The molecular weight excluding hydrogens is 541 g/mol. The van der Waals surface area contributed by atoms with Gasteiger partial charge in [0.2, 0.25) is 13.6 Å². The van der Waals surface area contributed by atoms with Crippen LogP contribution in [0.5, 0.6) is 5.75 Å². The van der Waals surface area contributed by atoms with Crippen molar-refractivity contribution in [3.05, 3.63) is 42.5 Å². The van der Waals surface area contributed by atoms with Crippen LogP contribution in [0.2, 0.25) is 0 Å². The summed E-state index contributed by atoms with van der Waals surface area (Å²) in [7, 11) is -3.88. The van der Waals surface area contributed by atoms with Gasteiger partial charge in [-0.1, -0.05) is 12.1 Å². The number of aromatic nitrogens is 4. The predicted octanol–water partition coefficient (Wildman–Crippen LogP) is 4.31. The number of carbonyl (C=O) groups excluding carboxylic acids is 2. The Balaban J connectivity index is 1.59. The third kappa shape index (κ3) is 8.73. The van der Waals surface area contributed by atoms with E-state index in [1.54, 1.807) is 72.1 Å². The molecule has 2 aromatic heterocycles. The van der Waals surface area contributed by atoms with Crippen LogP contribution >= 0.6 is 7.60 Å². The van der Waals surface area contributed by atoms with Crippen molar-refractivity contribution in [3.63, 3.8) is 0 Å². The quantitative estimate of drug-likeness (QED) is 0.184. The number of nitrogens with zero attached hydrogens (tertiary/aromatic N) is 4. The summed E-state index contributed by atoms with van der Waals surface area (Å²) in [6, 6.07) is 6.84. The van der Waals surface area contributed by atoms with Crippen LogP contribution in [0.25, 0.3) is 11.2 Å². The minimum Gasteiger partial charge on any atom is -0.492 e. The fourth-order valence-corrected chi connectivity index (χ4v) is 4.46. The smallest absolute Gasteiger partial charge is 0.340 e. The maximum atomic E-state index is 13.5. The van der Waals surface area contributed by atoms with Gasteiger partial charge in [-0.15, -0.1) is 0 Å². The molecule has 0 amide bonds. The minimum absolute atomic E-state index is 0.157. The van der Waals surface area contributed by atoms with Gasteiger partial charge in [-0.25, -0.2) is 15.0 Å². The number of benzene rings is 1. The molecule has 13 nitrogen and oxygen atoms in total. The van der Waals surface area contributed by atoms with Crippen LogP contribution in [0.4, 0.5) is 5.82 Å². The van der Waals surface area contributed by atoms with Gasteiger partial charge in [0.25, 0.3) is 0 Å². The summed E-state index contributed by atoms with van der Waals surface area (Å²) in [5.41, 5.74) is 6.04. The molecule has 0 aliphatic rings. The lowest BCUT2D eigenvalue weighted by atomic mass is 9.98. The third-order valence-electron chi connectivity index (χ3n) is 5.43. The van der Waals surface area contributed by atoms with Crippen LogP contribution in [-0.2, 0) is 45.4 Å². The summed E-state index contributed by atoms with van der Waals surface area (Å²) in [4.78, 5) is 36.5. The van der Waals surface area contributed by atoms with Crippen LogP contribution in [0.1, 0.15) is 47.1 Å². The molecule has 0 unspecified atom stereocenters. The summed E-state index contributed by atoms with van der Waals surface area (Å²) in [5, 5.41) is 0. The molecule has 14 heteroatoms. The van der Waals surface area contributed by atoms with E-state index in [0.717, 1.165) is 0 Å². The summed E-state index contributed by atoms with van der Waals surface area (Å²) in [6.07, 6.45) is 2.84. The van der Waals surface area contributed by atoms with Crippen molar-refractivity contribution in [1.29, 1.82) is 0 Å². The molecule has 0 spiro atoms. The van der Waals surface area contributed by atoms with Crippen LogP contribution < -0.4 is 10.5 Å². The van der Waals surface area contributed by atoms with Gasteiger partial charge in [-0.3, -0.25) is 23.2 Å². The first-order valence-electron chi connectivity index (χ1n) is 12.5. The van der Waals surface area contributed by atoms with Crippen molar-refractivity contribution in [2.45, 2.75) is 54.2 Å². The number of hydrogen-bond donors (Lipinski definition) is 1. The minimum atomic E-state index is -3.88. The first kappa shape index (κ1) is 31.0. The van der Waals surface area contributed by atoms with E-state index >= 15 is 0 Å². The molecule has 218 valence electrons. The SMILES string of the molecule is CC(C)(C)C(=O)OCOP(=O)(Cc1ccc(OCCn2cnc3c(N)ncnc32)cc1)OCOC(=O)C(C)(C)C. The molecule has 0 saturated carbocycles. The van der Waals surface area contributed by atoms with Crippen molar-refractivity contribution < 1.29 is 37.4 Å². The number of imidazole rings is 1. The summed E-state index contributed by atoms with van der Waals surface area (Å²) >= 11 is 0. The summed E-state index contributed by atoms with van der Waals surface area (Å²) in [6.45, 7) is 9.75. The molecule has 3 aromatic rings.